The molecule has 3 amide bonds. The Morgan fingerprint density at radius 1 is 1.19 bits per heavy atom. The van der Waals surface area contributed by atoms with Gasteiger partial charge in [-0.25, -0.2) is 9.18 Å². The van der Waals surface area contributed by atoms with E-state index < -0.39 is 5.82 Å². The van der Waals surface area contributed by atoms with Crippen LogP contribution in [0, 0.1) is 17.1 Å². The third-order valence-corrected chi connectivity index (χ3v) is 5.47. The standard InChI is InChI=1S/C22H18ClFN6O2/c1-26-21(31)19-18-12-29(22(32)27-15-5-2-13(11-25)3-6-15)8-9-30(18)28-20(19)14-4-7-17(24)16(23)10-14/h2-7,10H,8-9,12H2,1H3,(H,26,31)(H,27,32). The number of aromatic nitrogens is 2. The quantitative estimate of drug-likeness (QED) is 0.633. The van der Waals surface area contributed by atoms with E-state index in [1.54, 1.807) is 33.8 Å². The molecule has 4 rings (SSSR count). The molecule has 0 aliphatic carbocycles. The van der Waals surface area contributed by atoms with E-state index in [9.17, 15) is 14.0 Å². The Hall–Kier alpha value is -3.90. The van der Waals surface area contributed by atoms with Gasteiger partial charge < -0.3 is 15.5 Å². The maximum Gasteiger partial charge on any atom is 0.322 e. The van der Waals surface area contributed by atoms with Crippen LogP contribution in [0.3, 0.4) is 0 Å². The van der Waals surface area contributed by atoms with Crippen molar-refractivity contribution < 1.29 is 14.0 Å². The lowest BCUT2D eigenvalue weighted by Crippen LogP contribution is -2.41. The van der Waals surface area contributed by atoms with Gasteiger partial charge in [0.15, 0.2) is 0 Å². The molecule has 32 heavy (non-hydrogen) atoms. The van der Waals surface area contributed by atoms with Gasteiger partial charge in [0.2, 0.25) is 0 Å². The van der Waals surface area contributed by atoms with E-state index in [0.29, 0.717) is 46.9 Å². The maximum absolute atomic E-state index is 13.6. The first-order valence-electron chi connectivity index (χ1n) is 9.74. The van der Waals surface area contributed by atoms with Crippen molar-refractivity contribution in [3.63, 3.8) is 0 Å². The van der Waals surface area contributed by atoms with Crippen molar-refractivity contribution in [1.82, 2.24) is 20.0 Å². The summed E-state index contributed by atoms with van der Waals surface area (Å²) in [6.45, 7) is 0.926. The zero-order valence-electron chi connectivity index (χ0n) is 17.0. The molecule has 0 atom stereocenters. The fraction of sp³-hybridized carbons (Fsp3) is 0.182. The molecule has 10 heteroatoms. The molecule has 0 bridgehead atoms. The number of nitrogens with one attached hydrogen (secondary N) is 2. The van der Waals surface area contributed by atoms with Crippen molar-refractivity contribution in [3.05, 3.63) is 70.1 Å². The van der Waals surface area contributed by atoms with Crippen LogP contribution in [0.4, 0.5) is 14.9 Å². The maximum atomic E-state index is 13.6. The van der Waals surface area contributed by atoms with Gasteiger partial charge in [0.1, 0.15) is 11.5 Å². The summed E-state index contributed by atoms with van der Waals surface area (Å²) in [7, 11) is 1.51. The molecule has 162 valence electrons. The van der Waals surface area contributed by atoms with Gasteiger partial charge in [-0.05, 0) is 42.5 Å². The number of hydrogen-bond donors (Lipinski definition) is 2. The summed E-state index contributed by atoms with van der Waals surface area (Å²) in [4.78, 5) is 27.1. The molecule has 2 N–H and O–H groups in total. The highest BCUT2D eigenvalue weighted by molar-refractivity contribution is 6.31. The average Bonchev–Trinajstić information content (AvgIpc) is 3.19. The van der Waals surface area contributed by atoms with Gasteiger partial charge in [-0.3, -0.25) is 9.48 Å². The smallest absolute Gasteiger partial charge is 0.322 e. The van der Waals surface area contributed by atoms with Crippen molar-refractivity contribution in [1.29, 1.82) is 5.26 Å². The van der Waals surface area contributed by atoms with Gasteiger partial charge in [-0.15, -0.1) is 0 Å². The largest absolute Gasteiger partial charge is 0.355 e. The first-order valence-corrected chi connectivity index (χ1v) is 10.1. The number of fused-ring (bicyclic) bond motifs is 1. The number of hydrogen-bond acceptors (Lipinski definition) is 4. The van der Waals surface area contributed by atoms with Crippen LogP contribution in [0.15, 0.2) is 42.5 Å². The fourth-order valence-corrected chi connectivity index (χ4v) is 3.71. The predicted octanol–water partition coefficient (Wildman–Crippen LogP) is 3.62. The van der Waals surface area contributed by atoms with Crippen LogP contribution in [-0.2, 0) is 13.1 Å². The number of urea groups is 1. The highest BCUT2D eigenvalue weighted by Gasteiger charge is 2.30. The summed E-state index contributed by atoms with van der Waals surface area (Å²) in [5.41, 5.74) is 2.81. The second-order valence-electron chi connectivity index (χ2n) is 7.14. The van der Waals surface area contributed by atoms with E-state index in [4.69, 9.17) is 16.9 Å². The van der Waals surface area contributed by atoms with Crippen molar-refractivity contribution >= 4 is 29.2 Å². The van der Waals surface area contributed by atoms with Gasteiger partial charge in [-0.2, -0.15) is 10.4 Å². The van der Waals surface area contributed by atoms with Crippen molar-refractivity contribution in [3.8, 4) is 17.3 Å². The van der Waals surface area contributed by atoms with Gasteiger partial charge >= 0.3 is 6.03 Å². The lowest BCUT2D eigenvalue weighted by molar-refractivity contribution is 0.0960. The Morgan fingerprint density at radius 2 is 1.94 bits per heavy atom. The van der Waals surface area contributed by atoms with E-state index in [2.05, 4.69) is 15.7 Å². The molecule has 0 spiro atoms. The van der Waals surface area contributed by atoms with Crippen molar-refractivity contribution in [2.75, 3.05) is 18.9 Å². The molecule has 2 aromatic carbocycles. The normalized spacial score (nSPS) is 12.6. The highest BCUT2D eigenvalue weighted by Crippen LogP contribution is 2.31. The molecular weight excluding hydrogens is 435 g/mol. The van der Waals surface area contributed by atoms with Crippen LogP contribution in [-0.4, -0.2) is 40.2 Å². The molecule has 0 radical (unpaired) electrons. The SMILES string of the molecule is CNC(=O)c1c(-c2ccc(F)c(Cl)c2)nn2c1CN(C(=O)Nc1ccc(C#N)cc1)CC2. The number of anilines is 1. The number of benzene rings is 2. The lowest BCUT2D eigenvalue weighted by Gasteiger charge is -2.28. The van der Waals surface area contributed by atoms with Gasteiger partial charge in [0, 0.05) is 24.8 Å². The Labute approximate surface area is 188 Å². The Morgan fingerprint density at radius 3 is 2.59 bits per heavy atom. The fourth-order valence-electron chi connectivity index (χ4n) is 3.53. The predicted molar refractivity (Wildman–Crippen MR) is 117 cm³/mol. The van der Waals surface area contributed by atoms with Gasteiger partial charge in [0.25, 0.3) is 5.91 Å². The third kappa shape index (κ3) is 4.00. The molecule has 2 heterocycles. The van der Waals surface area contributed by atoms with Crippen LogP contribution in [0.2, 0.25) is 5.02 Å². The Bertz CT molecular complexity index is 1250. The molecule has 3 aromatic rings. The number of carbonyl (C=O) groups is 2. The molecule has 1 aromatic heterocycles. The molecule has 8 nitrogen and oxygen atoms in total. The van der Waals surface area contributed by atoms with E-state index in [-0.39, 0.29) is 23.5 Å². The number of rotatable bonds is 3. The van der Waals surface area contributed by atoms with Crippen LogP contribution >= 0.6 is 11.6 Å². The van der Waals surface area contributed by atoms with Gasteiger partial charge in [-0.1, -0.05) is 11.6 Å². The highest BCUT2D eigenvalue weighted by atomic mass is 35.5. The van der Waals surface area contributed by atoms with Crippen LogP contribution in [0.25, 0.3) is 11.3 Å². The van der Waals surface area contributed by atoms with Crippen molar-refractivity contribution in [2.24, 2.45) is 0 Å². The molecular formula is C22H18ClFN6O2. The monoisotopic (exact) mass is 452 g/mol. The van der Waals surface area contributed by atoms with E-state index in [1.807, 2.05) is 6.07 Å². The van der Waals surface area contributed by atoms with Crippen LogP contribution in [0.5, 0.6) is 0 Å². The summed E-state index contributed by atoms with van der Waals surface area (Å²) in [6.07, 6.45) is 0. The second kappa shape index (κ2) is 8.69. The molecule has 0 saturated heterocycles. The minimum atomic E-state index is -0.563. The number of nitriles is 1. The molecule has 0 unspecified atom stereocenters. The first kappa shape index (κ1) is 21.3. The number of halogens is 2. The first-order chi connectivity index (χ1) is 15.4. The molecule has 0 saturated carbocycles. The Balaban J connectivity index is 1.63. The summed E-state index contributed by atoms with van der Waals surface area (Å²) < 4.78 is 15.3. The lowest BCUT2D eigenvalue weighted by atomic mass is 10.0. The second-order valence-corrected chi connectivity index (χ2v) is 7.55. The number of nitrogens with zero attached hydrogens (tertiary/aromatic N) is 4. The number of carbonyl (C=O) groups excluding carboxylic acids is 2. The average molecular weight is 453 g/mol. The topological polar surface area (TPSA) is 103 Å². The summed E-state index contributed by atoms with van der Waals surface area (Å²) in [5.74, 6) is -0.928. The van der Waals surface area contributed by atoms with Gasteiger partial charge in [0.05, 0.1) is 41.0 Å². The van der Waals surface area contributed by atoms with E-state index >= 15 is 0 Å². The minimum Gasteiger partial charge on any atom is -0.355 e. The zero-order valence-corrected chi connectivity index (χ0v) is 17.8. The van der Waals surface area contributed by atoms with Crippen LogP contribution < -0.4 is 10.6 Å². The molecule has 0 fully saturated rings. The summed E-state index contributed by atoms with van der Waals surface area (Å²) in [5, 5.41) is 18.8. The summed E-state index contributed by atoms with van der Waals surface area (Å²) in [6, 6.07) is 12.4. The van der Waals surface area contributed by atoms with E-state index in [1.165, 1.54) is 25.2 Å². The minimum absolute atomic E-state index is 0.0697. The zero-order chi connectivity index (χ0) is 22.8. The summed E-state index contributed by atoms with van der Waals surface area (Å²) >= 11 is 5.93. The van der Waals surface area contributed by atoms with Crippen molar-refractivity contribution in [2.45, 2.75) is 13.1 Å². The Kier molecular flexibility index (Phi) is 5.79. The molecule has 1 aliphatic rings. The number of amides is 3. The third-order valence-electron chi connectivity index (χ3n) is 5.18. The molecule has 1 aliphatic heterocycles. The van der Waals surface area contributed by atoms with E-state index in [0.717, 1.165) is 0 Å². The van der Waals surface area contributed by atoms with Crippen LogP contribution in [0.1, 0.15) is 21.6 Å².